The van der Waals surface area contributed by atoms with Gasteiger partial charge in [-0.3, -0.25) is 9.69 Å². The number of carbonyl (C=O) groups is 1. The second kappa shape index (κ2) is 9.58. The Bertz CT molecular complexity index is 381. The summed E-state index contributed by atoms with van der Waals surface area (Å²) in [5.41, 5.74) is 5.57. The molecule has 3 N–H and O–H groups in total. The van der Waals surface area contributed by atoms with Crippen molar-refractivity contribution in [1.82, 2.24) is 10.2 Å². The Morgan fingerprint density at radius 3 is 2.60 bits per heavy atom. The third kappa shape index (κ3) is 5.22. The van der Waals surface area contributed by atoms with E-state index in [9.17, 15) is 4.79 Å². The van der Waals surface area contributed by atoms with Gasteiger partial charge in [-0.05, 0) is 44.3 Å². The summed E-state index contributed by atoms with van der Waals surface area (Å²) in [6.45, 7) is 4.61. The first-order valence-electron chi connectivity index (χ1n) is 6.49. The van der Waals surface area contributed by atoms with Gasteiger partial charge < -0.3 is 11.1 Å². The summed E-state index contributed by atoms with van der Waals surface area (Å²) in [7, 11) is 0. The number of hydrogen-bond acceptors (Lipinski definition) is 4. The van der Waals surface area contributed by atoms with E-state index in [0.29, 0.717) is 12.6 Å². The number of nitrogens with zero attached hydrogens (tertiary/aromatic N) is 1. The average molecular weight is 340 g/mol. The number of thiophene rings is 1. The molecule has 20 heavy (non-hydrogen) atoms. The fourth-order valence-corrected chi connectivity index (χ4v) is 3.16. The number of likely N-dealkylation sites (tertiary alicyclic amines) is 1. The SMILES string of the molecule is C[C@@H](N)C(=O)NCC(c1cccs1)N1CCCC1.Cl.Cl. The van der Waals surface area contributed by atoms with Gasteiger partial charge in [0.25, 0.3) is 0 Å². The quantitative estimate of drug-likeness (QED) is 0.864. The zero-order chi connectivity index (χ0) is 13.0. The Morgan fingerprint density at radius 1 is 1.45 bits per heavy atom. The van der Waals surface area contributed by atoms with Crippen LogP contribution in [0.1, 0.15) is 30.7 Å². The summed E-state index contributed by atoms with van der Waals surface area (Å²) in [5.74, 6) is -0.0734. The molecular weight excluding hydrogens is 317 g/mol. The van der Waals surface area contributed by atoms with Crippen molar-refractivity contribution in [2.45, 2.75) is 31.8 Å². The lowest BCUT2D eigenvalue weighted by Gasteiger charge is -2.27. The van der Waals surface area contributed by atoms with Crippen molar-refractivity contribution in [3.05, 3.63) is 22.4 Å². The normalized spacial score (nSPS) is 17.7. The van der Waals surface area contributed by atoms with Gasteiger partial charge in [0.1, 0.15) is 0 Å². The van der Waals surface area contributed by atoms with Gasteiger partial charge in [0.15, 0.2) is 0 Å². The standard InChI is InChI=1S/C13H21N3OS.2ClH/c1-10(14)13(17)15-9-11(12-5-4-8-18-12)16-6-2-3-7-16;;/h4-5,8,10-11H,2-3,6-7,9,14H2,1H3,(H,15,17);2*1H/t10-,11?;;/m1../s1. The van der Waals surface area contributed by atoms with E-state index in [4.69, 9.17) is 5.73 Å². The highest BCUT2D eigenvalue weighted by atomic mass is 35.5. The minimum atomic E-state index is -0.437. The summed E-state index contributed by atoms with van der Waals surface area (Å²) in [6, 6.07) is 4.07. The Labute approximate surface area is 136 Å². The van der Waals surface area contributed by atoms with Crippen molar-refractivity contribution in [3.63, 3.8) is 0 Å². The van der Waals surface area contributed by atoms with Crippen LogP contribution in [0.3, 0.4) is 0 Å². The van der Waals surface area contributed by atoms with Gasteiger partial charge in [0.05, 0.1) is 12.1 Å². The van der Waals surface area contributed by atoms with Crippen LogP contribution in [0.2, 0.25) is 0 Å². The lowest BCUT2D eigenvalue weighted by molar-refractivity contribution is -0.122. The fourth-order valence-electron chi connectivity index (χ4n) is 2.30. The third-order valence-electron chi connectivity index (χ3n) is 3.34. The fraction of sp³-hybridized carbons (Fsp3) is 0.615. The highest BCUT2D eigenvalue weighted by molar-refractivity contribution is 7.10. The largest absolute Gasteiger partial charge is 0.353 e. The topological polar surface area (TPSA) is 58.4 Å². The molecule has 1 aliphatic rings. The maximum atomic E-state index is 11.6. The third-order valence-corrected chi connectivity index (χ3v) is 4.31. The predicted octanol–water partition coefficient (Wildman–Crippen LogP) is 2.19. The van der Waals surface area contributed by atoms with Crippen LogP contribution in [0, 0.1) is 0 Å². The van der Waals surface area contributed by atoms with Crippen LogP contribution in [0.5, 0.6) is 0 Å². The zero-order valence-corrected chi connectivity index (χ0v) is 14.0. The number of amides is 1. The van der Waals surface area contributed by atoms with Crippen molar-refractivity contribution < 1.29 is 4.79 Å². The molecule has 1 aromatic heterocycles. The van der Waals surface area contributed by atoms with Crippen LogP contribution in [-0.4, -0.2) is 36.5 Å². The molecule has 1 aromatic rings. The summed E-state index contributed by atoms with van der Waals surface area (Å²) in [4.78, 5) is 15.4. The van der Waals surface area contributed by atoms with Crippen molar-refractivity contribution >= 4 is 42.1 Å². The Balaban J connectivity index is 0.00000180. The monoisotopic (exact) mass is 339 g/mol. The molecule has 1 unspecified atom stereocenters. The van der Waals surface area contributed by atoms with E-state index < -0.39 is 6.04 Å². The summed E-state index contributed by atoms with van der Waals surface area (Å²) in [6.07, 6.45) is 2.51. The van der Waals surface area contributed by atoms with Crippen molar-refractivity contribution in [1.29, 1.82) is 0 Å². The molecule has 4 nitrogen and oxygen atoms in total. The molecule has 1 saturated heterocycles. The second-order valence-electron chi connectivity index (χ2n) is 4.81. The average Bonchev–Trinajstić information content (AvgIpc) is 3.01. The predicted molar refractivity (Wildman–Crippen MR) is 89.0 cm³/mol. The first kappa shape index (κ1) is 19.7. The number of rotatable bonds is 5. The van der Waals surface area contributed by atoms with E-state index in [1.165, 1.54) is 17.7 Å². The van der Waals surface area contributed by atoms with E-state index >= 15 is 0 Å². The number of hydrogen-bond donors (Lipinski definition) is 2. The molecule has 116 valence electrons. The molecule has 1 aliphatic heterocycles. The van der Waals surface area contributed by atoms with Gasteiger partial charge in [0, 0.05) is 11.4 Å². The first-order valence-corrected chi connectivity index (χ1v) is 7.37. The molecular formula is C13H23Cl2N3OS. The van der Waals surface area contributed by atoms with Gasteiger partial charge in [-0.25, -0.2) is 0 Å². The van der Waals surface area contributed by atoms with Gasteiger partial charge >= 0.3 is 0 Å². The Hall–Kier alpha value is -0.330. The van der Waals surface area contributed by atoms with Crippen LogP contribution in [0.15, 0.2) is 17.5 Å². The van der Waals surface area contributed by atoms with Gasteiger partial charge in [-0.1, -0.05) is 6.07 Å². The molecule has 0 aromatic carbocycles. The van der Waals surface area contributed by atoms with Gasteiger partial charge in [0.2, 0.25) is 5.91 Å². The summed E-state index contributed by atoms with van der Waals surface area (Å²) in [5, 5.41) is 5.04. The molecule has 1 fully saturated rings. The number of nitrogens with one attached hydrogen (secondary N) is 1. The molecule has 2 atom stereocenters. The molecule has 1 amide bonds. The number of carbonyl (C=O) groups excluding carboxylic acids is 1. The summed E-state index contributed by atoms with van der Waals surface area (Å²) < 4.78 is 0. The minimum Gasteiger partial charge on any atom is -0.353 e. The van der Waals surface area contributed by atoms with Gasteiger partial charge in [-0.15, -0.1) is 36.2 Å². The Morgan fingerprint density at radius 2 is 2.10 bits per heavy atom. The van der Waals surface area contributed by atoms with Crippen LogP contribution < -0.4 is 11.1 Å². The number of halogens is 2. The molecule has 0 radical (unpaired) electrons. The van der Waals surface area contributed by atoms with E-state index in [-0.39, 0.29) is 30.7 Å². The molecule has 0 aliphatic carbocycles. The van der Waals surface area contributed by atoms with Crippen LogP contribution in [-0.2, 0) is 4.79 Å². The zero-order valence-electron chi connectivity index (χ0n) is 11.6. The van der Waals surface area contributed by atoms with Crippen LogP contribution >= 0.6 is 36.2 Å². The molecule has 0 saturated carbocycles. The van der Waals surface area contributed by atoms with Crippen molar-refractivity contribution in [3.8, 4) is 0 Å². The Kier molecular flexibility index (Phi) is 9.42. The second-order valence-corrected chi connectivity index (χ2v) is 5.79. The van der Waals surface area contributed by atoms with Crippen LogP contribution in [0.4, 0.5) is 0 Å². The van der Waals surface area contributed by atoms with Crippen molar-refractivity contribution in [2.75, 3.05) is 19.6 Å². The molecule has 2 heterocycles. The maximum Gasteiger partial charge on any atom is 0.236 e. The smallest absolute Gasteiger partial charge is 0.236 e. The van der Waals surface area contributed by atoms with E-state index in [0.717, 1.165) is 13.1 Å². The molecule has 0 bridgehead atoms. The first-order chi connectivity index (χ1) is 8.68. The van der Waals surface area contributed by atoms with Gasteiger partial charge in [-0.2, -0.15) is 0 Å². The lowest BCUT2D eigenvalue weighted by atomic mass is 10.2. The molecule has 0 spiro atoms. The van der Waals surface area contributed by atoms with Crippen molar-refractivity contribution in [2.24, 2.45) is 5.73 Å². The van der Waals surface area contributed by atoms with Crippen LogP contribution in [0.25, 0.3) is 0 Å². The molecule has 7 heteroatoms. The van der Waals surface area contributed by atoms with E-state index in [1.807, 2.05) is 0 Å². The highest BCUT2D eigenvalue weighted by Gasteiger charge is 2.24. The lowest BCUT2D eigenvalue weighted by Crippen LogP contribution is -2.42. The highest BCUT2D eigenvalue weighted by Crippen LogP contribution is 2.27. The minimum absolute atomic E-state index is 0. The van der Waals surface area contributed by atoms with E-state index in [1.54, 1.807) is 18.3 Å². The summed E-state index contributed by atoms with van der Waals surface area (Å²) >= 11 is 1.75. The maximum absolute atomic E-state index is 11.6. The van der Waals surface area contributed by atoms with E-state index in [2.05, 4.69) is 27.7 Å². The number of nitrogens with two attached hydrogens (primary N) is 1. The molecule has 2 rings (SSSR count).